The van der Waals surface area contributed by atoms with Crippen LogP contribution in [0, 0.1) is 11.8 Å². The second-order valence-electron chi connectivity index (χ2n) is 9.12. The monoisotopic (exact) mass is 405 g/mol. The van der Waals surface area contributed by atoms with Gasteiger partial charge in [-0.15, -0.1) is 0 Å². The number of amides is 1. The molecule has 2 heterocycles. The van der Waals surface area contributed by atoms with Gasteiger partial charge in [-0.25, -0.2) is 0 Å². The molecule has 1 amide bonds. The Bertz CT molecular complexity index is 896. The number of nitrogens with two attached hydrogens (primary N) is 1. The Labute approximate surface area is 178 Å². The number of anilines is 1. The van der Waals surface area contributed by atoms with Gasteiger partial charge in [0.15, 0.2) is 0 Å². The van der Waals surface area contributed by atoms with Gasteiger partial charge in [-0.2, -0.15) is 0 Å². The molecule has 2 aliphatic heterocycles. The molecule has 1 saturated carbocycles. The number of rotatable bonds is 5. The van der Waals surface area contributed by atoms with E-state index in [1.807, 2.05) is 19.2 Å². The van der Waals surface area contributed by atoms with Gasteiger partial charge >= 0.3 is 0 Å². The van der Waals surface area contributed by atoms with Crippen molar-refractivity contribution in [2.24, 2.45) is 17.6 Å². The first-order valence-electron chi connectivity index (χ1n) is 11.1. The zero-order valence-electron chi connectivity index (χ0n) is 17.7. The minimum atomic E-state index is -0.374. The van der Waals surface area contributed by atoms with Crippen molar-refractivity contribution in [2.45, 2.75) is 30.9 Å². The fourth-order valence-corrected chi connectivity index (χ4v) is 6.14. The summed E-state index contributed by atoms with van der Waals surface area (Å²) in [6.07, 6.45) is 3.58. The number of carbonyl (C=O) groups is 1. The topological polar surface area (TPSA) is 58.8 Å². The quantitative estimate of drug-likeness (QED) is 0.830. The molecule has 0 spiro atoms. The number of piperidine rings is 1. The minimum Gasteiger partial charge on any atom is -0.373 e. The molecule has 1 aliphatic carbocycles. The number of primary amides is 1. The zero-order valence-corrected chi connectivity index (χ0v) is 17.7. The van der Waals surface area contributed by atoms with Crippen LogP contribution in [0.5, 0.6) is 0 Å². The molecule has 3 atom stereocenters. The second-order valence-corrected chi connectivity index (χ2v) is 9.12. The van der Waals surface area contributed by atoms with Gasteiger partial charge < -0.3 is 15.4 Å². The summed E-state index contributed by atoms with van der Waals surface area (Å²) in [5.74, 6) is 0.494. The summed E-state index contributed by atoms with van der Waals surface area (Å²) >= 11 is 0. The van der Waals surface area contributed by atoms with Crippen molar-refractivity contribution in [3.05, 3.63) is 65.7 Å². The fourth-order valence-electron chi connectivity index (χ4n) is 6.14. The molecule has 3 aliphatic rings. The van der Waals surface area contributed by atoms with Gasteiger partial charge in [-0.3, -0.25) is 9.69 Å². The Balaban J connectivity index is 1.36. The van der Waals surface area contributed by atoms with Gasteiger partial charge in [0.1, 0.15) is 5.60 Å². The van der Waals surface area contributed by atoms with Crippen LogP contribution < -0.4 is 10.6 Å². The molecule has 2 aromatic carbocycles. The summed E-state index contributed by atoms with van der Waals surface area (Å²) in [6, 6.07) is 19.1. The Morgan fingerprint density at radius 1 is 1.00 bits per heavy atom. The van der Waals surface area contributed by atoms with Crippen molar-refractivity contribution in [3.63, 3.8) is 0 Å². The van der Waals surface area contributed by atoms with E-state index in [1.54, 1.807) is 6.07 Å². The maximum atomic E-state index is 11.8. The lowest BCUT2D eigenvalue weighted by Gasteiger charge is -2.59. The van der Waals surface area contributed by atoms with E-state index in [0.29, 0.717) is 23.4 Å². The van der Waals surface area contributed by atoms with E-state index in [0.717, 1.165) is 44.6 Å². The van der Waals surface area contributed by atoms with E-state index in [2.05, 4.69) is 46.2 Å². The van der Waals surface area contributed by atoms with Crippen molar-refractivity contribution in [1.29, 1.82) is 0 Å². The van der Waals surface area contributed by atoms with Gasteiger partial charge in [0, 0.05) is 62.4 Å². The summed E-state index contributed by atoms with van der Waals surface area (Å²) in [5, 5.41) is 0. The minimum absolute atomic E-state index is 0.316. The van der Waals surface area contributed by atoms with Crippen LogP contribution in [0.1, 0.15) is 35.2 Å². The smallest absolute Gasteiger partial charge is 0.248 e. The Kier molecular flexibility index (Phi) is 5.03. The maximum absolute atomic E-state index is 11.8. The van der Waals surface area contributed by atoms with Crippen molar-refractivity contribution in [1.82, 2.24) is 4.90 Å². The molecule has 5 rings (SSSR count). The van der Waals surface area contributed by atoms with Crippen molar-refractivity contribution in [2.75, 3.05) is 38.2 Å². The van der Waals surface area contributed by atoms with E-state index in [9.17, 15) is 4.79 Å². The van der Waals surface area contributed by atoms with Crippen LogP contribution in [0.15, 0.2) is 54.6 Å². The molecular weight excluding hydrogens is 374 g/mol. The van der Waals surface area contributed by atoms with Gasteiger partial charge in [-0.05, 0) is 42.7 Å². The highest BCUT2D eigenvalue weighted by Crippen LogP contribution is 2.52. The molecule has 158 valence electrons. The number of para-hydroxylation sites is 1. The molecule has 1 unspecified atom stereocenters. The highest BCUT2D eigenvalue weighted by molar-refractivity contribution is 5.92. The van der Waals surface area contributed by atoms with Crippen molar-refractivity contribution < 1.29 is 9.53 Å². The first kappa shape index (κ1) is 19.6. The van der Waals surface area contributed by atoms with E-state index in [1.165, 1.54) is 12.1 Å². The first-order valence-corrected chi connectivity index (χ1v) is 11.1. The van der Waals surface area contributed by atoms with Crippen LogP contribution in [0.2, 0.25) is 0 Å². The molecule has 5 nitrogen and oxygen atoms in total. The third-order valence-corrected chi connectivity index (χ3v) is 7.66. The lowest BCUT2D eigenvalue weighted by Crippen LogP contribution is -2.67. The number of benzene rings is 2. The van der Waals surface area contributed by atoms with Crippen LogP contribution in [-0.2, 0) is 10.3 Å². The molecule has 0 radical (unpaired) electrons. The summed E-state index contributed by atoms with van der Waals surface area (Å²) in [7, 11) is 1.85. The molecule has 3 fully saturated rings. The Hall–Kier alpha value is -2.37. The Morgan fingerprint density at radius 2 is 1.70 bits per heavy atom. The molecule has 0 aromatic heterocycles. The number of methoxy groups -OCH3 is 1. The fraction of sp³-hybridized carbons (Fsp3) is 0.480. The number of nitrogens with zero attached hydrogens (tertiary/aromatic N) is 2. The number of hydrogen-bond donors (Lipinski definition) is 1. The molecule has 2 bridgehead atoms. The zero-order chi connectivity index (χ0) is 20.7. The molecule has 2 saturated heterocycles. The number of likely N-dealkylation sites (tertiary alicyclic amines) is 1. The largest absolute Gasteiger partial charge is 0.373 e. The van der Waals surface area contributed by atoms with Crippen LogP contribution in [0.25, 0.3) is 0 Å². The van der Waals surface area contributed by atoms with E-state index >= 15 is 0 Å². The SMILES string of the molecule is COC1(c2cccc(C(N)=O)c2)[C@@H]2CCC[C@H]1CN(C1CN(c3ccccc3)C1)C2. The van der Waals surface area contributed by atoms with Crippen LogP contribution in [-0.4, -0.2) is 50.1 Å². The predicted molar refractivity (Wildman–Crippen MR) is 118 cm³/mol. The summed E-state index contributed by atoms with van der Waals surface area (Å²) in [4.78, 5) is 16.9. The standard InChI is InChI=1S/C25H31N3O2/c1-30-25(19-8-5-7-18(13-19)24(26)29)20-9-6-10-21(25)15-27(14-20)23-16-28(17-23)22-11-3-2-4-12-22/h2-5,7-8,11-13,20-21,23H,6,9-10,14-17H2,1H3,(H2,26,29)/t20-,21+,25?. The number of ether oxygens (including phenoxy) is 1. The van der Waals surface area contributed by atoms with E-state index in [-0.39, 0.29) is 11.5 Å². The molecule has 30 heavy (non-hydrogen) atoms. The molecular formula is C25H31N3O2. The van der Waals surface area contributed by atoms with Crippen LogP contribution in [0.4, 0.5) is 5.69 Å². The first-order chi connectivity index (χ1) is 14.6. The molecule has 5 heteroatoms. The van der Waals surface area contributed by atoms with E-state index in [4.69, 9.17) is 10.5 Å². The highest BCUT2D eigenvalue weighted by Gasteiger charge is 2.54. The van der Waals surface area contributed by atoms with Gasteiger partial charge in [-0.1, -0.05) is 36.8 Å². The predicted octanol–water partition coefficient (Wildman–Crippen LogP) is 3.25. The molecule has 2 aromatic rings. The number of fused-ring (bicyclic) bond motifs is 2. The van der Waals surface area contributed by atoms with Crippen molar-refractivity contribution in [3.8, 4) is 0 Å². The highest BCUT2D eigenvalue weighted by atomic mass is 16.5. The van der Waals surface area contributed by atoms with Gasteiger partial charge in [0.25, 0.3) is 0 Å². The third kappa shape index (κ3) is 3.12. The number of hydrogen-bond acceptors (Lipinski definition) is 4. The van der Waals surface area contributed by atoms with E-state index < -0.39 is 0 Å². The second kappa shape index (κ2) is 7.71. The maximum Gasteiger partial charge on any atom is 0.248 e. The summed E-state index contributed by atoms with van der Waals surface area (Å²) < 4.78 is 6.35. The lowest BCUT2D eigenvalue weighted by atomic mass is 9.62. The Morgan fingerprint density at radius 3 is 2.33 bits per heavy atom. The normalized spacial score (nSPS) is 29.4. The average Bonchev–Trinajstić information content (AvgIpc) is 2.73. The third-order valence-electron chi connectivity index (χ3n) is 7.66. The lowest BCUT2D eigenvalue weighted by molar-refractivity contribution is -0.175. The summed E-state index contributed by atoms with van der Waals surface area (Å²) in [6.45, 7) is 4.30. The van der Waals surface area contributed by atoms with Gasteiger partial charge in [0.05, 0.1) is 0 Å². The molecule has 2 N–H and O–H groups in total. The van der Waals surface area contributed by atoms with Crippen LogP contribution >= 0.6 is 0 Å². The van der Waals surface area contributed by atoms with Crippen molar-refractivity contribution >= 4 is 11.6 Å². The number of carbonyl (C=O) groups excluding carboxylic acids is 1. The summed E-state index contributed by atoms with van der Waals surface area (Å²) in [5.41, 5.74) is 8.26. The van der Waals surface area contributed by atoms with Gasteiger partial charge in [0.2, 0.25) is 5.91 Å². The van der Waals surface area contributed by atoms with Crippen LogP contribution in [0.3, 0.4) is 0 Å². The average molecular weight is 406 g/mol.